The van der Waals surface area contributed by atoms with Crippen molar-refractivity contribution in [1.82, 2.24) is 0 Å². The van der Waals surface area contributed by atoms with Crippen molar-refractivity contribution in [2.45, 2.75) is 20.5 Å². The highest BCUT2D eigenvalue weighted by atomic mass is 79.9. The van der Waals surface area contributed by atoms with Crippen molar-refractivity contribution < 1.29 is 9.53 Å². The number of aryl methyl sites for hydroxylation is 2. The van der Waals surface area contributed by atoms with Gasteiger partial charge < -0.3 is 10.1 Å². The van der Waals surface area contributed by atoms with E-state index in [1.807, 2.05) is 56.3 Å². The molecule has 0 atom stereocenters. The molecule has 3 rings (SSSR count). The molecular formula is C25H20BrClN2O2. The molecule has 0 fully saturated rings. The molecule has 0 aliphatic heterocycles. The van der Waals surface area contributed by atoms with Crippen LogP contribution in [0.2, 0.25) is 5.02 Å². The Kier molecular flexibility index (Phi) is 7.51. The maximum absolute atomic E-state index is 12.7. The minimum Gasteiger partial charge on any atom is -0.488 e. The third kappa shape index (κ3) is 6.21. The Balaban J connectivity index is 1.82. The van der Waals surface area contributed by atoms with E-state index in [9.17, 15) is 10.1 Å². The van der Waals surface area contributed by atoms with E-state index < -0.39 is 5.91 Å². The molecule has 3 aromatic rings. The van der Waals surface area contributed by atoms with Gasteiger partial charge in [0.05, 0.1) is 0 Å². The molecule has 156 valence electrons. The van der Waals surface area contributed by atoms with E-state index >= 15 is 0 Å². The van der Waals surface area contributed by atoms with Crippen molar-refractivity contribution in [3.8, 4) is 11.8 Å². The van der Waals surface area contributed by atoms with Crippen molar-refractivity contribution in [2.24, 2.45) is 0 Å². The van der Waals surface area contributed by atoms with Gasteiger partial charge in [-0.15, -0.1) is 0 Å². The molecule has 4 nitrogen and oxygen atoms in total. The van der Waals surface area contributed by atoms with Crippen LogP contribution in [0.1, 0.15) is 22.3 Å². The standard InChI is InChI=1S/C25H20BrClN2O2/c1-16-3-9-23(11-17(16)2)29-25(30)20(14-28)12-19-13-22(27)8-10-24(19)31-15-18-4-6-21(26)7-5-18/h3-13H,15H2,1-2H3,(H,29,30)/b20-12+. The maximum Gasteiger partial charge on any atom is 0.266 e. The number of ether oxygens (including phenoxy) is 1. The number of carbonyl (C=O) groups excluding carboxylic acids is 1. The van der Waals surface area contributed by atoms with Crippen molar-refractivity contribution in [1.29, 1.82) is 5.26 Å². The molecule has 0 bridgehead atoms. The number of rotatable bonds is 6. The lowest BCUT2D eigenvalue weighted by Crippen LogP contribution is -2.13. The van der Waals surface area contributed by atoms with Crippen LogP contribution in [0.3, 0.4) is 0 Å². The van der Waals surface area contributed by atoms with Gasteiger partial charge in [0, 0.05) is 20.7 Å². The van der Waals surface area contributed by atoms with E-state index in [4.69, 9.17) is 16.3 Å². The predicted molar refractivity (Wildman–Crippen MR) is 128 cm³/mol. The Bertz CT molecular complexity index is 1180. The van der Waals surface area contributed by atoms with E-state index in [-0.39, 0.29) is 5.57 Å². The van der Waals surface area contributed by atoms with Gasteiger partial charge >= 0.3 is 0 Å². The molecule has 1 N–H and O–H groups in total. The Labute approximate surface area is 195 Å². The quantitative estimate of drug-likeness (QED) is 0.301. The lowest BCUT2D eigenvalue weighted by Gasteiger charge is -2.11. The summed E-state index contributed by atoms with van der Waals surface area (Å²) >= 11 is 9.56. The van der Waals surface area contributed by atoms with Crippen LogP contribution in [-0.2, 0) is 11.4 Å². The summed E-state index contributed by atoms with van der Waals surface area (Å²) < 4.78 is 6.92. The number of carbonyl (C=O) groups is 1. The van der Waals surface area contributed by atoms with Crippen molar-refractivity contribution in [2.75, 3.05) is 5.32 Å². The van der Waals surface area contributed by atoms with Crippen molar-refractivity contribution in [3.63, 3.8) is 0 Å². The molecule has 1 amide bonds. The molecule has 0 spiro atoms. The molecular weight excluding hydrogens is 476 g/mol. The molecule has 0 saturated heterocycles. The van der Waals surface area contributed by atoms with Gasteiger partial charge in [0.15, 0.2) is 0 Å². The molecule has 0 aliphatic rings. The number of anilines is 1. The van der Waals surface area contributed by atoms with E-state index in [1.54, 1.807) is 24.3 Å². The number of nitrogens with one attached hydrogen (secondary N) is 1. The molecule has 0 aliphatic carbocycles. The van der Waals surface area contributed by atoms with E-state index in [0.717, 1.165) is 21.2 Å². The number of hydrogen-bond acceptors (Lipinski definition) is 3. The largest absolute Gasteiger partial charge is 0.488 e. The lowest BCUT2D eigenvalue weighted by atomic mass is 10.1. The lowest BCUT2D eigenvalue weighted by molar-refractivity contribution is -0.112. The topological polar surface area (TPSA) is 62.1 Å². The van der Waals surface area contributed by atoms with Crippen LogP contribution in [0.25, 0.3) is 6.08 Å². The van der Waals surface area contributed by atoms with Gasteiger partial charge in [0.1, 0.15) is 24.0 Å². The van der Waals surface area contributed by atoms with Gasteiger partial charge in [-0.25, -0.2) is 0 Å². The molecule has 0 radical (unpaired) electrons. The first-order valence-corrected chi connectivity index (χ1v) is 10.7. The second-order valence-corrected chi connectivity index (χ2v) is 8.37. The zero-order valence-electron chi connectivity index (χ0n) is 17.1. The monoisotopic (exact) mass is 494 g/mol. The van der Waals surface area contributed by atoms with Crippen LogP contribution in [0.5, 0.6) is 5.75 Å². The summed E-state index contributed by atoms with van der Waals surface area (Å²) in [5.74, 6) is 0.0311. The van der Waals surface area contributed by atoms with Gasteiger partial charge in [0.2, 0.25) is 0 Å². The number of amides is 1. The van der Waals surface area contributed by atoms with Gasteiger partial charge in [-0.1, -0.05) is 45.7 Å². The maximum atomic E-state index is 12.7. The summed E-state index contributed by atoms with van der Waals surface area (Å²) in [7, 11) is 0. The van der Waals surface area contributed by atoms with Gasteiger partial charge in [0.25, 0.3) is 5.91 Å². The first-order chi connectivity index (χ1) is 14.9. The number of benzene rings is 3. The number of hydrogen-bond donors (Lipinski definition) is 1. The molecule has 0 aromatic heterocycles. The zero-order valence-corrected chi connectivity index (χ0v) is 19.4. The highest BCUT2D eigenvalue weighted by Gasteiger charge is 2.12. The van der Waals surface area contributed by atoms with Crippen LogP contribution >= 0.6 is 27.5 Å². The van der Waals surface area contributed by atoms with Crippen LogP contribution in [-0.4, -0.2) is 5.91 Å². The van der Waals surface area contributed by atoms with Gasteiger partial charge in [-0.3, -0.25) is 4.79 Å². The average molecular weight is 496 g/mol. The van der Waals surface area contributed by atoms with Crippen molar-refractivity contribution in [3.05, 3.63) is 98.0 Å². The minimum atomic E-state index is -0.496. The Morgan fingerprint density at radius 1 is 1.10 bits per heavy atom. The molecule has 6 heteroatoms. The van der Waals surface area contributed by atoms with E-state index in [2.05, 4.69) is 21.2 Å². The third-order valence-corrected chi connectivity index (χ3v) is 5.47. The van der Waals surface area contributed by atoms with Crippen LogP contribution in [0.4, 0.5) is 5.69 Å². The van der Waals surface area contributed by atoms with Gasteiger partial charge in [-0.2, -0.15) is 5.26 Å². The van der Waals surface area contributed by atoms with Gasteiger partial charge in [-0.05, 0) is 79.1 Å². The summed E-state index contributed by atoms with van der Waals surface area (Å²) in [5.41, 5.74) is 4.30. The summed E-state index contributed by atoms with van der Waals surface area (Å²) in [6.07, 6.45) is 1.49. The van der Waals surface area contributed by atoms with E-state index in [1.165, 1.54) is 6.08 Å². The minimum absolute atomic E-state index is 0.0472. The highest BCUT2D eigenvalue weighted by molar-refractivity contribution is 9.10. The second-order valence-electron chi connectivity index (χ2n) is 7.02. The first-order valence-electron chi connectivity index (χ1n) is 9.53. The molecule has 0 heterocycles. The Morgan fingerprint density at radius 3 is 2.52 bits per heavy atom. The van der Waals surface area contributed by atoms with Crippen LogP contribution in [0, 0.1) is 25.2 Å². The van der Waals surface area contributed by atoms with Crippen LogP contribution < -0.4 is 10.1 Å². The SMILES string of the molecule is Cc1ccc(NC(=O)/C(C#N)=C/c2cc(Cl)ccc2OCc2ccc(Br)cc2)cc1C. The Morgan fingerprint density at radius 2 is 1.84 bits per heavy atom. The van der Waals surface area contributed by atoms with E-state index in [0.29, 0.717) is 28.6 Å². The van der Waals surface area contributed by atoms with Crippen LogP contribution in [0.15, 0.2) is 70.7 Å². The summed E-state index contributed by atoms with van der Waals surface area (Å²) in [6, 6.07) is 20.4. The third-order valence-electron chi connectivity index (χ3n) is 4.71. The smallest absolute Gasteiger partial charge is 0.266 e. The first kappa shape index (κ1) is 22.6. The number of nitrogens with zero attached hydrogens (tertiary/aromatic N) is 1. The molecule has 31 heavy (non-hydrogen) atoms. The number of nitriles is 1. The number of halogens is 2. The molecule has 0 unspecified atom stereocenters. The fourth-order valence-electron chi connectivity index (χ4n) is 2.83. The summed E-state index contributed by atoms with van der Waals surface area (Å²) in [6.45, 7) is 4.30. The fourth-order valence-corrected chi connectivity index (χ4v) is 3.27. The molecule has 3 aromatic carbocycles. The second kappa shape index (κ2) is 10.3. The summed E-state index contributed by atoms with van der Waals surface area (Å²) in [5, 5.41) is 12.8. The normalized spacial score (nSPS) is 11.0. The van der Waals surface area contributed by atoms with Crippen molar-refractivity contribution >= 4 is 45.2 Å². The average Bonchev–Trinajstić information content (AvgIpc) is 2.75. The fraction of sp³-hybridized carbons (Fsp3) is 0.120. The predicted octanol–water partition coefficient (Wildman–Crippen LogP) is 6.84. The Hall–Kier alpha value is -3.07. The zero-order chi connectivity index (χ0) is 22.4. The molecule has 0 saturated carbocycles. The summed E-state index contributed by atoms with van der Waals surface area (Å²) in [4.78, 5) is 12.7. The highest BCUT2D eigenvalue weighted by Crippen LogP contribution is 2.27.